The number of aryl methyl sites for hydroxylation is 1. The Labute approximate surface area is 157 Å². The summed E-state index contributed by atoms with van der Waals surface area (Å²) in [5, 5.41) is 8.53. The molecule has 0 aliphatic carbocycles. The molecule has 0 bridgehead atoms. The summed E-state index contributed by atoms with van der Waals surface area (Å²) >= 11 is 13.4. The fourth-order valence-electron chi connectivity index (χ4n) is 2.29. The first-order valence-electron chi connectivity index (χ1n) is 7.19. The van der Waals surface area contributed by atoms with Gasteiger partial charge in [-0.2, -0.15) is 5.10 Å². The number of aromatic nitrogens is 2. The van der Waals surface area contributed by atoms with Gasteiger partial charge in [-0.05, 0) is 25.1 Å². The summed E-state index contributed by atoms with van der Waals surface area (Å²) < 4.78 is 6.97. The SMILES string of the molecule is COC(=O)c1sc2cc(NC(=O)Cn3cc(Cl)c(C)n3)ccc2c1Cl. The molecule has 0 atom stereocenters. The van der Waals surface area contributed by atoms with E-state index in [1.165, 1.54) is 23.1 Å². The molecular weight excluding hydrogens is 385 g/mol. The van der Waals surface area contributed by atoms with Crippen LogP contribution in [0.25, 0.3) is 10.1 Å². The van der Waals surface area contributed by atoms with Crippen LogP contribution in [0.5, 0.6) is 0 Å². The van der Waals surface area contributed by atoms with Crippen molar-refractivity contribution in [3.8, 4) is 0 Å². The second-order valence-electron chi connectivity index (χ2n) is 5.26. The minimum absolute atomic E-state index is 0.0458. The van der Waals surface area contributed by atoms with Crippen molar-refractivity contribution >= 4 is 62.2 Å². The van der Waals surface area contributed by atoms with E-state index in [9.17, 15) is 9.59 Å². The molecule has 6 nitrogen and oxygen atoms in total. The number of rotatable bonds is 4. The van der Waals surface area contributed by atoms with E-state index in [0.717, 1.165) is 10.1 Å². The Morgan fingerprint density at radius 2 is 2.12 bits per heavy atom. The molecule has 0 unspecified atom stereocenters. The first kappa shape index (κ1) is 17.7. The first-order chi connectivity index (χ1) is 11.9. The van der Waals surface area contributed by atoms with E-state index in [-0.39, 0.29) is 12.5 Å². The molecule has 0 radical (unpaired) electrons. The standard InChI is InChI=1S/C16H13Cl2N3O3S/c1-8-11(17)6-21(20-8)7-13(22)19-9-3-4-10-12(5-9)25-15(14(10)18)16(23)24-2/h3-6H,7H2,1-2H3,(H,19,22). The third-order valence-corrected chi connectivity index (χ3v) is 5.48. The number of fused-ring (bicyclic) bond motifs is 1. The van der Waals surface area contributed by atoms with E-state index in [2.05, 4.69) is 10.4 Å². The topological polar surface area (TPSA) is 73.2 Å². The number of nitrogens with zero attached hydrogens (tertiary/aromatic N) is 2. The molecule has 0 fully saturated rings. The molecule has 130 valence electrons. The van der Waals surface area contributed by atoms with Crippen LogP contribution in [-0.2, 0) is 16.1 Å². The van der Waals surface area contributed by atoms with Gasteiger partial charge in [0, 0.05) is 22.0 Å². The molecular formula is C16H13Cl2N3O3S. The Bertz CT molecular complexity index is 961. The molecule has 25 heavy (non-hydrogen) atoms. The second kappa shape index (κ2) is 7.03. The predicted octanol–water partition coefficient (Wildman–Crippen LogP) is 4.14. The number of amides is 1. The van der Waals surface area contributed by atoms with Crippen LogP contribution in [0.2, 0.25) is 10.0 Å². The van der Waals surface area contributed by atoms with Crippen LogP contribution >= 0.6 is 34.5 Å². The van der Waals surface area contributed by atoms with Crippen molar-refractivity contribution in [2.45, 2.75) is 13.5 Å². The molecule has 0 aliphatic heterocycles. The fourth-order valence-corrected chi connectivity index (χ4v) is 3.91. The maximum absolute atomic E-state index is 12.2. The minimum Gasteiger partial charge on any atom is -0.465 e. The third-order valence-electron chi connectivity index (χ3n) is 3.48. The summed E-state index contributed by atoms with van der Waals surface area (Å²) in [7, 11) is 1.30. The van der Waals surface area contributed by atoms with Crippen LogP contribution in [0.3, 0.4) is 0 Å². The van der Waals surface area contributed by atoms with Crippen molar-refractivity contribution in [3.05, 3.63) is 45.0 Å². The molecule has 0 saturated carbocycles. The average molecular weight is 398 g/mol. The van der Waals surface area contributed by atoms with E-state index in [4.69, 9.17) is 27.9 Å². The van der Waals surface area contributed by atoms with Crippen molar-refractivity contribution in [3.63, 3.8) is 0 Å². The smallest absolute Gasteiger partial charge is 0.349 e. The van der Waals surface area contributed by atoms with Gasteiger partial charge < -0.3 is 10.1 Å². The molecule has 3 rings (SSSR count). The highest BCUT2D eigenvalue weighted by atomic mass is 35.5. The van der Waals surface area contributed by atoms with Gasteiger partial charge in [0.05, 0.1) is 22.8 Å². The van der Waals surface area contributed by atoms with Crippen LogP contribution in [0.1, 0.15) is 15.4 Å². The van der Waals surface area contributed by atoms with Gasteiger partial charge in [0.25, 0.3) is 0 Å². The second-order valence-corrected chi connectivity index (χ2v) is 7.09. The number of hydrogen-bond acceptors (Lipinski definition) is 5. The zero-order valence-corrected chi connectivity index (χ0v) is 15.6. The first-order valence-corrected chi connectivity index (χ1v) is 8.76. The molecule has 1 aromatic carbocycles. The molecule has 3 aromatic rings. The lowest BCUT2D eigenvalue weighted by atomic mass is 10.2. The number of ether oxygens (including phenoxy) is 1. The van der Waals surface area contributed by atoms with Crippen LogP contribution in [0, 0.1) is 6.92 Å². The van der Waals surface area contributed by atoms with Crippen LogP contribution in [0.15, 0.2) is 24.4 Å². The highest BCUT2D eigenvalue weighted by Gasteiger charge is 2.18. The van der Waals surface area contributed by atoms with Crippen LogP contribution < -0.4 is 5.32 Å². The number of carbonyl (C=O) groups is 2. The number of esters is 1. The van der Waals surface area contributed by atoms with Gasteiger partial charge in [0.2, 0.25) is 5.91 Å². The zero-order chi connectivity index (χ0) is 18.1. The molecule has 2 heterocycles. The number of thiophene rings is 1. The van der Waals surface area contributed by atoms with E-state index in [0.29, 0.717) is 26.3 Å². The highest BCUT2D eigenvalue weighted by Crippen LogP contribution is 2.37. The molecule has 9 heteroatoms. The molecule has 0 saturated heterocycles. The average Bonchev–Trinajstić information content (AvgIpc) is 3.06. The number of nitrogens with one attached hydrogen (secondary N) is 1. The molecule has 1 amide bonds. The summed E-state index contributed by atoms with van der Waals surface area (Å²) in [6.07, 6.45) is 1.60. The van der Waals surface area contributed by atoms with E-state index < -0.39 is 5.97 Å². The Morgan fingerprint density at radius 3 is 2.76 bits per heavy atom. The molecule has 0 aliphatic rings. The fraction of sp³-hybridized carbons (Fsp3) is 0.188. The number of benzene rings is 1. The van der Waals surface area contributed by atoms with Crippen molar-refractivity contribution in [1.82, 2.24) is 9.78 Å². The van der Waals surface area contributed by atoms with Gasteiger partial charge in [0.1, 0.15) is 11.4 Å². The molecule has 1 N–H and O–H groups in total. The van der Waals surface area contributed by atoms with Crippen molar-refractivity contribution in [2.75, 3.05) is 12.4 Å². The summed E-state index contributed by atoms with van der Waals surface area (Å²) in [6.45, 7) is 1.81. The number of anilines is 1. The lowest BCUT2D eigenvalue weighted by Crippen LogP contribution is -2.19. The molecule has 0 spiro atoms. The third kappa shape index (κ3) is 3.63. The Morgan fingerprint density at radius 1 is 1.36 bits per heavy atom. The molecule has 2 aromatic heterocycles. The van der Waals surface area contributed by atoms with E-state index in [1.807, 2.05) is 0 Å². The number of methoxy groups -OCH3 is 1. The Balaban J connectivity index is 1.79. The largest absolute Gasteiger partial charge is 0.465 e. The quantitative estimate of drug-likeness (QED) is 0.671. The Hall–Kier alpha value is -2.09. The van der Waals surface area contributed by atoms with Gasteiger partial charge in [0.15, 0.2) is 0 Å². The van der Waals surface area contributed by atoms with E-state index in [1.54, 1.807) is 31.3 Å². The number of halogens is 2. The van der Waals surface area contributed by atoms with Crippen molar-refractivity contribution in [2.24, 2.45) is 0 Å². The number of hydrogen-bond donors (Lipinski definition) is 1. The zero-order valence-electron chi connectivity index (χ0n) is 13.3. The minimum atomic E-state index is -0.484. The maximum Gasteiger partial charge on any atom is 0.349 e. The maximum atomic E-state index is 12.2. The van der Waals surface area contributed by atoms with Crippen molar-refractivity contribution in [1.29, 1.82) is 0 Å². The lowest BCUT2D eigenvalue weighted by molar-refractivity contribution is -0.116. The highest BCUT2D eigenvalue weighted by molar-refractivity contribution is 7.21. The summed E-state index contributed by atoms with van der Waals surface area (Å²) in [5.41, 5.74) is 1.27. The van der Waals surface area contributed by atoms with Gasteiger partial charge in [-0.15, -0.1) is 11.3 Å². The van der Waals surface area contributed by atoms with Gasteiger partial charge >= 0.3 is 5.97 Å². The van der Waals surface area contributed by atoms with Crippen molar-refractivity contribution < 1.29 is 14.3 Å². The normalized spacial score (nSPS) is 10.9. The summed E-state index contributed by atoms with van der Waals surface area (Å²) in [4.78, 5) is 24.2. The van der Waals surface area contributed by atoms with Crippen LogP contribution in [0.4, 0.5) is 5.69 Å². The summed E-state index contributed by atoms with van der Waals surface area (Å²) in [6, 6.07) is 5.24. The predicted molar refractivity (Wildman–Crippen MR) is 98.8 cm³/mol. The Kier molecular flexibility index (Phi) is 4.99. The lowest BCUT2D eigenvalue weighted by Gasteiger charge is -2.05. The number of carbonyl (C=O) groups excluding carboxylic acids is 2. The van der Waals surface area contributed by atoms with Gasteiger partial charge in [-0.3, -0.25) is 9.48 Å². The van der Waals surface area contributed by atoms with Crippen LogP contribution in [-0.4, -0.2) is 28.8 Å². The van der Waals surface area contributed by atoms with Gasteiger partial charge in [-0.1, -0.05) is 23.2 Å². The van der Waals surface area contributed by atoms with E-state index >= 15 is 0 Å². The van der Waals surface area contributed by atoms with Gasteiger partial charge in [-0.25, -0.2) is 4.79 Å². The summed E-state index contributed by atoms with van der Waals surface area (Å²) in [5.74, 6) is -0.725. The monoisotopic (exact) mass is 397 g/mol.